The summed E-state index contributed by atoms with van der Waals surface area (Å²) in [5.74, 6) is 0.477. The van der Waals surface area contributed by atoms with Crippen molar-refractivity contribution in [2.75, 3.05) is 31.6 Å². The Hall–Kier alpha value is -0.800. The van der Waals surface area contributed by atoms with Crippen molar-refractivity contribution in [3.63, 3.8) is 0 Å². The smallest absolute Gasteiger partial charge is 0.0648 e. The molecule has 0 saturated carbocycles. The molecule has 0 N–H and O–H groups in total. The Morgan fingerprint density at radius 1 is 1.41 bits per heavy atom. The van der Waals surface area contributed by atoms with Crippen LogP contribution < -0.4 is 4.90 Å². The van der Waals surface area contributed by atoms with E-state index >= 15 is 0 Å². The molecule has 0 atom stereocenters. The van der Waals surface area contributed by atoms with Gasteiger partial charge in [0.1, 0.15) is 0 Å². The van der Waals surface area contributed by atoms with Crippen LogP contribution in [0.1, 0.15) is 19.5 Å². The fourth-order valence-corrected chi connectivity index (χ4v) is 2.34. The Morgan fingerprint density at radius 2 is 2.18 bits per heavy atom. The molecule has 1 aromatic heterocycles. The Bertz CT molecular complexity index is 392. The van der Waals surface area contributed by atoms with Crippen LogP contribution >= 0.6 is 11.6 Å². The molecule has 94 valence electrons. The second kappa shape index (κ2) is 4.83. The number of hydrogen-bond acceptors (Lipinski definition) is 3. The molecule has 2 heterocycles. The Labute approximate surface area is 108 Å². The molecule has 0 radical (unpaired) electrons. The monoisotopic (exact) mass is 253 g/mol. The molecule has 1 fully saturated rings. The molecule has 0 bridgehead atoms. The second-order valence-corrected chi connectivity index (χ2v) is 5.56. The van der Waals surface area contributed by atoms with Gasteiger partial charge in [-0.15, -0.1) is 11.6 Å². The Morgan fingerprint density at radius 3 is 2.82 bits per heavy atom. The topological polar surface area (TPSA) is 19.4 Å². The molecule has 2 rings (SSSR count). The van der Waals surface area contributed by atoms with Gasteiger partial charge in [0.15, 0.2) is 0 Å². The number of rotatable bonds is 2. The molecule has 0 spiro atoms. The lowest BCUT2D eigenvalue weighted by molar-refractivity contribution is 0.139. The predicted octanol–water partition coefficient (Wildman–Crippen LogP) is 2.35. The van der Waals surface area contributed by atoms with Gasteiger partial charge in [-0.25, -0.2) is 0 Å². The molecule has 1 aliphatic rings. The van der Waals surface area contributed by atoms with Crippen LogP contribution in [0, 0.1) is 0 Å². The summed E-state index contributed by atoms with van der Waals surface area (Å²) in [5, 5.41) is 0. The lowest BCUT2D eigenvalue weighted by Gasteiger charge is -2.46. The van der Waals surface area contributed by atoms with Gasteiger partial charge >= 0.3 is 0 Å². The van der Waals surface area contributed by atoms with Crippen molar-refractivity contribution >= 4 is 17.3 Å². The van der Waals surface area contributed by atoms with E-state index in [0.717, 1.165) is 25.3 Å². The normalized spacial score (nSPS) is 20.6. The molecule has 1 aromatic rings. The second-order valence-electron chi connectivity index (χ2n) is 5.29. The number of hydrogen-bond donors (Lipinski definition) is 0. The average Bonchev–Trinajstić information content (AvgIpc) is 2.32. The van der Waals surface area contributed by atoms with E-state index in [4.69, 9.17) is 11.6 Å². The molecule has 4 heteroatoms. The van der Waals surface area contributed by atoms with Gasteiger partial charge in [0.25, 0.3) is 0 Å². The van der Waals surface area contributed by atoms with Crippen LogP contribution in [0.15, 0.2) is 18.3 Å². The maximum Gasteiger partial charge on any atom is 0.0648 e. The fourth-order valence-electron chi connectivity index (χ4n) is 2.20. The van der Waals surface area contributed by atoms with Crippen LogP contribution in [0.25, 0.3) is 0 Å². The van der Waals surface area contributed by atoms with Crippen LogP contribution in [0.4, 0.5) is 5.69 Å². The fraction of sp³-hybridized carbons (Fsp3) is 0.615. The van der Waals surface area contributed by atoms with Crippen LogP contribution in [0.3, 0.4) is 0 Å². The summed E-state index contributed by atoms with van der Waals surface area (Å²) in [5.41, 5.74) is 2.39. The van der Waals surface area contributed by atoms with E-state index < -0.39 is 0 Å². The number of piperazine rings is 1. The summed E-state index contributed by atoms with van der Waals surface area (Å²) in [7, 11) is 2.19. The van der Waals surface area contributed by atoms with Crippen molar-refractivity contribution < 1.29 is 0 Å². The highest BCUT2D eigenvalue weighted by molar-refractivity contribution is 6.16. The molecule has 0 aromatic carbocycles. The molecule has 0 aliphatic carbocycles. The first-order valence-corrected chi connectivity index (χ1v) is 6.53. The van der Waals surface area contributed by atoms with Crippen molar-refractivity contribution in [1.82, 2.24) is 9.88 Å². The van der Waals surface area contributed by atoms with E-state index in [1.807, 2.05) is 6.20 Å². The summed E-state index contributed by atoms with van der Waals surface area (Å²) in [6.45, 7) is 7.75. The van der Waals surface area contributed by atoms with Crippen LogP contribution in [-0.4, -0.2) is 42.1 Å². The largest absolute Gasteiger partial charge is 0.368 e. The highest BCUT2D eigenvalue weighted by atomic mass is 35.5. The summed E-state index contributed by atoms with van der Waals surface area (Å²) in [6.07, 6.45) is 1.85. The summed E-state index contributed by atoms with van der Waals surface area (Å²) >= 11 is 5.83. The summed E-state index contributed by atoms with van der Waals surface area (Å²) in [6, 6.07) is 4.16. The van der Waals surface area contributed by atoms with Crippen molar-refractivity contribution in [2.24, 2.45) is 0 Å². The zero-order chi connectivity index (χ0) is 12.5. The van der Waals surface area contributed by atoms with Gasteiger partial charge in [-0.3, -0.25) is 9.88 Å². The average molecular weight is 254 g/mol. The highest BCUT2D eigenvalue weighted by Crippen LogP contribution is 2.24. The number of anilines is 1. The first-order valence-electron chi connectivity index (χ1n) is 6.00. The quantitative estimate of drug-likeness (QED) is 0.755. The standard InChI is InChI=1S/C13H20ClN3/c1-13(2)10-17(7-6-16(13)3)12-4-5-15-11(8-12)9-14/h4-5,8H,6-7,9-10H2,1-3H3. The van der Waals surface area contributed by atoms with E-state index in [2.05, 4.69) is 47.8 Å². The Kier molecular flexibility index (Phi) is 3.59. The first kappa shape index (κ1) is 12.7. The number of nitrogens with zero attached hydrogens (tertiary/aromatic N) is 3. The van der Waals surface area contributed by atoms with Crippen molar-refractivity contribution in [2.45, 2.75) is 25.3 Å². The SMILES string of the molecule is CN1CCN(c2ccnc(CCl)c2)CC1(C)C. The summed E-state index contributed by atoms with van der Waals surface area (Å²) < 4.78 is 0. The van der Waals surface area contributed by atoms with E-state index in [1.54, 1.807) is 0 Å². The van der Waals surface area contributed by atoms with Crippen molar-refractivity contribution in [3.05, 3.63) is 24.0 Å². The van der Waals surface area contributed by atoms with Gasteiger partial charge in [-0.2, -0.15) is 0 Å². The van der Waals surface area contributed by atoms with Gasteiger partial charge in [0, 0.05) is 37.1 Å². The molecular formula is C13H20ClN3. The first-order chi connectivity index (χ1) is 8.03. The zero-order valence-electron chi connectivity index (χ0n) is 10.8. The number of pyridine rings is 1. The number of likely N-dealkylation sites (N-methyl/N-ethyl adjacent to an activating group) is 1. The third kappa shape index (κ3) is 2.72. The van der Waals surface area contributed by atoms with Gasteiger partial charge in [-0.05, 0) is 33.0 Å². The van der Waals surface area contributed by atoms with Crippen LogP contribution in [-0.2, 0) is 5.88 Å². The highest BCUT2D eigenvalue weighted by Gasteiger charge is 2.31. The van der Waals surface area contributed by atoms with Crippen LogP contribution in [0.2, 0.25) is 0 Å². The minimum absolute atomic E-state index is 0.211. The molecule has 3 nitrogen and oxygen atoms in total. The van der Waals surface area contributed by atoms with Gasteiger partial charge in [-0.1, -0.05) is 0 Å². The van der Waals surface area contributed by atoms with Crippen LogP contribution in [0.5, 0.6) is 0 Å². The molecule has 17 heavy (non-hydrogen) atoms. The summed E-state index contributed by atoms with van der Waals surface area (Å²) in [4.78, 5) is 9.06. The third-order valence-electron chi connectivity index (χ3n) is 3.62. The maximum absolute atomic E-state index is 5.83. The van der Waals surface area contributed by atoms with E-state index in [-0.39, 0.29) is 5.54 Å². The van der Waals surface area contributed by atoms with E-state index in [9.17, 15) is 0 Å². The third-order valence-corrected chi connectivity index (χ3v) is 3.89. The lowest BCUT2D eigenvalue weighted by atomic mass is 9.99. The minimum Gasteiger partial charge on any atom is -0.368 e. The van der Waals surface area contributed by atoms with Crippen molar-refractivity contribution in [1.29, 1.82) is 0 Å². The zero-order valence-corrected chi connectivity index (χ0v) is 11.5. The minimum atomic E-state index is 0.211. The van der Waals surface area contributed by atoms with Gasteiger partial charge in [0.05, 0.1) is 11.6 Å². The van der Waals surface area contributed by atoms with Gasteiger partial charge in [0.2, 0.25) is 0 Å². The lowest BCUT2D eigenvalue weighted by Crippen LogP contribution is -2.57. The molecule has 1 saturated heterocycles. The number of alkyl halides is 1. The maximum atomic E-state index is 5.83. The molecule has 0 amide bonds. The Balaban J connectivity index is 2.17. The number of aromatic nitrogens is 1. The molecular weight excluding hydrogens is 234 g/mol. The van der Waals surface area contributed by atoms with Gasteiger partial charge < -0.3 is 4.90 Å². The van der Waals surface area contributed by atoms with E-state index in [0.29, 0.717) is 5.88 Å². The predicted molar refractivity (Wildman–Crippen MR) is 72.7 cm³/mol. The molecule has 0 unspecified atom stereocenters. The van der Waals surface area contributed by atoms with Crippen molar-refractivity contribution in [3.8, 4) is 0 Å². The molecule has 1 aliphatic heterocycles. The van der Waals surface area contributed by atoms with E-state index in [1.165, 1.54) is 5.69 Å². The number of halogens is 1.